The number of aliphatic carboxylic acids is 1. The monoisotopic (exact) mass is 485 g/mol. The lowest BCUT2D eigenvalue weighted by atomic mass is 10.0. The van der Waals surface area contributed by atoms with E-state index in [2.05, 4.69) is 5.16 Å². The minimum Gasteiger partial charge on any atom is -0.485 e. The van der Waals surface area contributed by atoms with Crippen molar-refractivity contribution in [2.45, 2.75) is 25.1 Å². The fraction of sp³-hybridized carbons (Fsp3) is 0.200. The van der Waals surface area contributed by atoms with Crippen LogP contribution in [0.15, 0.2) is 65.2 Å². The predicted molar refractivity (Wildman–Crippen MR) is 118 cm³/mol. The summed E-state index contributed by atoms with van der Waals surface area (Å²) in [5, 5.41) is 14.2. The zero-order chi connectivity index (χ0) is 24.8. The lowest BCUT2D eigenvalue weighted by Crippen LogP contribution is -2.51. The van der Waals surface area contributed by atoms with Gasteiger partial charge >= 0.3 is 12.1 Å². The van der Waals surface area contributed by atoms with Crippen LogP contribution in [0.2, 0.25) is 0 Å². The van der Waals surface area contributed by atoms with E-state index in [1.165, 1.54) is 12.1 Å². The quantitative estimate of drug-likeness (QED) is 0.354. The third kappa shape index (κ3) is 4.11. The van der Waals surface area contributed by atoms with Crippen LogP contribution in [0.4, 0.5) is 13.2 Å². The molecule has 180 valence electrons. The summed E-state index contributed by atoms with van der Waals surface area (Å²) in [4.78, 5) is 11.7. The van der Waals surface area contributed by atoms with Crippen molar-refractivity contribution in [2.24, 2.45) is 0 Å². The van der Waals surface area contributed by atoms with Crippen molar-refractivity contribution < 1.29 is 41.8 Å². The van der Waals surface area contributed by atoms with Crippen LogP contribution in [-0.4, -0.2) is 28.4 Å². The van der Waals surface area contributed by atoms with Gasteiger partial charge in [0.15, 0.2) is 17.1 Å². The Morgan fingerprint density at radius 3 is 2.46 bits per heavy atom. The molecular formula is C25H18F3NO6. The second kappa shape index (κ2) is 8.23. The topological polar surface area (TPSA) is 91.0 Å². The Balaban J connectivity index is 1.39. The summed E-state index contributed by atoms with van der Waals surface area (Å²) in [5.74, 6) is 0.338. The third-order valence-electron chi connectivity index (χ3n) is 5.81. The van der Waals surface area contributed by atoms with Crippen LogP contribution in [0.5, 0.6) is 23.0 Å². The maximum Gasteiger partial charge on any atom is 0.416 e. The van der Waals surface area contributed by atoms with E-state index >= 15 is 0 Å². The highest BCUT2D eigenvalue weighted by atomic mass is 19.4. The standard InChI is InChI=1S/C25H18F3NO6/c1-2-24(23(30)31)13-32-19-10-8-17(12-21(19)34-24)33-16-7-9-18-20(11-16)35-29-22(18)14-3-5-15(6-4-14)25(26,27)28/h3-12H,2,13H2,1H3,(H,30,31). The van der Waals surface area contributed by atoms with E-state index in [0.717, 1.165) is 12.1 Å². The van der Waals surface area contributed by atoms with Crippen LogP contribution in [-0.2, 0) is 11.0 Å². The van der Waals surface area contributed by atoms with Gasteiger partial charge in [-0.05, 0) is 42.8 Å². The van der Waals surface area contributed by atoms with Crippen molar-refractivity contribution in [1.82, 2.24) is 5.16 Å². The maximum absolute atomic E-state index is 12.8. The molecule has 0 saturated carbocycles. The van der Waals surface area contributed by atoms with Gasteiger partial charge in [-0.1, -0.05) is 24.2 Å². The van der Waals surface area contributed by atoms with E-state index in [9.17, 15) is 23.1 Å². The number of hydrogen-bond donors (Lipinski definition) is 1. The molecular weight excluding hydrogens is 467 g/mol. The molecule has 1 aliphatic heterocycles. The Labute approximate surface area is 196 Å². The number of nitrogens with zero attached hydrogens (tertiary/aromatic N) is 1. The van der Waals surface area contributed by atoms with Crippen LogP contribution in [0, 0.1) is 0 Å². The molecule has 0 radical (unpaired) electrons. The van der Waals surface area contributed by atoms with Crippen molar-refractivity contribution in [2.75, 3.05) is 6.61 Å². The Morgan fingerprint density at radius 2 is 1.77 bits per heavy atom. The van der Waals surface area contributed by atoms with E-state index in [-0.39, 0.29) is 18.8 Å². The highest BCUT2D eigenvalue weighted by molar-refractivity contribution is 5.92. The first-order chi connectivity index (χ1) is 16.7. The van der Waals surface area contributed by atoms with Crippen LogP contribution in [0.1, 0.15) is 18.9 Å². The molecule has 5 rings (SSSR count). The Bertz CT molecular complexity index is 1410. The summed E-state index contributed by atoms with van der Waals surface area (Å²) in [6, 6.07) is 14.4. The van der Waals surface area contributed by atoms with Crippen LogP contribution in [0.3, 0.4) is 0 Å². The highest BCUT2D eigenvalue weighted by Crippen LogP contribution is 2.41. The van der Waals surface area contributed by atoms with Crippen molar-refractivity contribution in [3.63, 3.8) is 0 Å². The minimum absolute atomic E-state index is 0.102. The molecule has 0 saturated heterocycles. The summed E-state index contributed by atoms with van der Waals surface area (Å²) < 4.78 is 61.1. The number of aromatic nitrogens is 1. The smallest absolute Gasteiger partial charge is 0.416 e. The van der Waals surface area contributed by atoms with E-state index in [0.29, 0.717) is 39.5 Å². The summed E-state index contributed by atoms with van der Waals surface area (Å²) in [5.41, 5.74) is -0.951. The molecule has 0 bridgehead atoms. The summed E-state index contributed by atoms with van der Waals surface area (Å²) in [7, 11) is 0. The molecule has 1 unspecified atom stereocenters. The fourth-order valence-corrected chi connectivity index (χ4v) is 3.76. The van der Waals surface area contributed by atoms with Crippen molar-refractivity contribution in [1.29, 1.82) is 0 Å². The molecule has 35 heavy (non-hydrogen) atoms. The first-order valence-electron chi connectivity index (χ1n) is 10.6. The molecule has 1 aromatic heterocycles. The molecule has 3 aromatic carbocycles. The summed E-state index contributed by atoms with van der Waals surface area (Å²) >= 11 is 0. The van der Waals surface area contributed by atoms with Gasteiger partial charge in [0.25, 0.3) is 0 Å². The number of carboxylic acid groups (broad SMARTS) is 1. The first kappa shape index (κ1) is 22.6. The molecule has 0 amide bonds. The zero-order valence-electron chi connectivity index (χ0n) is 18.3. The van der Waals surface area contributed by atoms with E-state index in [1.807, 2.05) is 0 Å². The van der Waals surface area contributed by atoms with Gasteiger partial charge in [0.05, 0.1) is 5.56 Å². The molecule has 1 N–H and O–H groups in total. The number of fused-ring (bicyclic) bond motifs is 2. The number of benzene rings is 3. The number of ether oxygens (including phenoxy) is 3. The molecule has 0 fully saturated rings. The lowest BCUT2D eigenvalue weighted by Gasteiger charge is -2.34. The van der Waals surface area contributed by atoms with Gasteiger partial charge in [0.1, 0.15) is 23.8 Å². The molecule has 0 aliphatic carbocycles. The minimum atomic E-state index is -4.42. The van der Waals surface area contributed by atoms with Gasteiger partial charge in [-0.25, -0.2) is 4.79 Å². The van der Waals surface area contributed by atoms with Crippen molar-refractivity contribution in [3.8, 4) is 34.3 Å². The highest BCUT2D eigenvalue weighted by Gasteiger charge is 2.44. The number of hydrogen-bond acceptors (Lipinski definition) is 6. The van der Waals surface area contributed by atoms with E-state index < -0.39 is 23.3 Å². The Hall–Kier alpha value is -4.21. The summed E-state index contributed by atoms with van der Waals surface area (Å²) in [6.07, 6.45) is -4.20. The lowest BCUT2D eigenvalue weighted by molar-refractivity contribution is -0.161. The van der Waals surface area contributed by atoms with E-state index in [1.54, 1.807) is 43.3 Å². The molecule has 0 spiro atoms. The fourth-order valence-electron chi connectivity index (χ4n) is 3.76. The average Bonchev–Trinajstić information content (AvgIpc) is 3.26. The third-order valence-corrected chi connectivity index (χ3v) is 5.81. The normalized spacial score (nSPS) is 17.4. The van der Waals surface area contributed by atoms with Gasteiger partial charge in [0.2, 0.25) is 5.60 Å². The largest absolute Gasteiger partial charge is 0.485 e. The number of carbonyl (C=O) groups is 1. The Kier molecular flexibility index (Phi) is 5.31. The first-order valence-corrected chi connectivity index (χ1v) is 10.6. The molecule has 1 atom stereocenters. The molecule has 1 aliphatic rings. The number of carboxylic acids is 1. The van der Waals surface area contributed by atoms with Gasteiger partial charge in [-0.3, -0.25) is 0 Å². The number of rotatable bonds is 5. The van der Waals surface area contributed by atoms with Gasteiger partial charge in [-0.2, -0.15) is 13.2 Å². The van der Waals surface area contributed by atoms with E-state index in [4.69, 9.17) is 18.7 Å². The van der Waals surface area contributed by atoms with Crippen LogP contribution in [0.25, 0.3) is 22.2 Å². The number of alkyl halides is 3. The average molecular weight is 485 g/mol. The van der Waals surface area contributed by atoms with Crippen LogP contribution < -0.4 is 14.2 Å². The number of halogens is 3. The van der Waals surface area contributed by atoms with Gasteiger partial charge < -0.3 is 23.8 Å². The second-order valence-corrected chi connectivity index (χ2v) is 8.02. The predicted octanol–water partition coefficient (Wildman–Crippen LogP) is 6.31. The zero-order valence-corrected chi connectivity index (χ0v) is 18.3. The van der Waals surface area contributed by atoms with Gasteiger partial charge in [0, 0.05) is 23.1 Å². The molecule has 10 heteroatoms. The second-order valence-electron chi connectivity index (χ2n) is 8.02. The van der Waals surface area contributed by atoms with Crippen molar-refractivity contribution >= 4 is 16.9 Å². The summed E-state index contributed by atoms with van der Waals surface area (Å²) in [6.45, 7) is 1.60. The van der Waals surface area contributed by atoms with Crippen molar-refractivity contribution in [3.05, 3.63) is 66.2 Å². The molecule has 7 nitrogen and oxygen atoms in total. The SMILES string of the molecule is CCC1(C(=O)O)COc2ccc(Oc3ccc4c(-c5ccc(C(F)(F)F)cc5)noc4c3)cc2O1. The van der Waals surface area contributed by atoms with Gasteiger partial charge in [-0.15, -0.1) is 0 Å². The maximum atomic E-state index is 12.8. The Morgan fingerprint density at radius 1 is 1.06 bits per heavy atom. The molecule has 4 aromatic rings. The van der Waals surface area contributed by atoms with Crippen LogP contribution >= 0.6 is 0 Å². The molecule has 2 heterocycles.